The molecule has 1 aliphatic carbocycles. The number of para-hydroxylation sites is 1. The van der Waals surface area contributed by atoms with E-state index in [-0.39, 0.29) is 11.1 Å². The number of anilines is 3. The summed E-state index contributed by atoms with van der Waals surface area (Å²) >= 11 is 1.65. The minimum atomic E-state index is -0.195. The van der Waals surface area contributed by atoms with Crippen LogP contribution < -0.4 is 4.90 Å². The highest BCUT2D eigenvalue weighted by atomic mass is 32.1. The first-order chi connectivity index (χ1) is 18.0. The van der Waals surface area contributed by atoms with Crippen molar-refractivity contribution in [3.8, 4) is 16.5 Å². The van der Waals surface area contributed by atoms with Gasteiger partial charge in [-0.3, -0.25) is 0 Å². The van der Waals surface area contributed by atoms with Crippen LogP contribution in [-0.4, -0.2) is 0 Å². The molecule has 0 aliphatic heterocycles. The number of hydrogen-bond acceptors (Lipinski definition) is 3. The van der Waals surface area contributed by atoms with E-state index in [2.05, 4.69) is 115 Å². The zero-order chi connectivity index (χ0) is 25.6. The minimum absolute atomic E-state index is 0.113. The van der Waals surface area contributed by atoms with E-state index in [1.165, 1.54) is 32.3 Å². The van der Waals surface area contributed by atoms with Crippen LogP contribution in [0.2, 0.25) is 0 Å². The third-order valence-electron chi connectivity index (χ3n) is 7.12. The molecule has 0 saturated carbocycles. The lowest BCUT2D eigenvalue weighted by Gasteiger charge is -2.28. The summed E-state index contributed by atoms with van der Waals surface area (Å²) in [6, 6.07) is 36.4. The normalized spacial score (nSPS) is 13.5. The van der Waals surface area contributed by atoms with Gasteiger partial charge in [-0.2, -0.15) is 0 Å². The van der Waals surface area contributed by atoms with Crippen LogP contribution in [0, 0.1) is 17.9 Å². The minimum Gasteiger partial charge on any atom is -0.310 e. The Morgan fingerprint density at radius 1 is 0.838 bits per heavy atom. The lowest BCUT2D eigenvalue weighted by atomic mass is 9.82. The average molecular weight is 494 g/mol. The van der Waals surface area contributed by atoms with Gasteiger partial charge < -0.3 is 4.90 Å². The van der Waals surface area contributed by atoms with Gasteiger partial charge >= 0.3 is 0 Å². The van der Waals surface area contributed by atoms with E-state index in [0.717, 1.165) is 21.9 Å². The van der Waals surface area contributed by atoms with Crippen LogP contribution in [0.5, 0.6) is 0 Å². The summed E-state index contributed by atoms with van der Waals surface area (Å²) in [5.74, 6) is 0. The Labute approximate surface area is 221 Å². The second-order valence-electron chi connectivity index (χ2n) is 9.70. The fourth-order valence-electron chi connectivity index (χ4n) is 5.24. The third-order valence-corrected chi connectivity index (χ3v) is 8.24. The Morgan fingerprint density at radius 3 is 2.30 bits per heavy atom. The van der Waals surface area contributed by atoms with Crippen molar-refractivity contribution in [1.29, 1.82) is 5.26 Å². The van der Waals surface area contributed by atoms with E-state index >= 15 is 0 Å². The van der Waals surface area contributed by atoms with Crippen molar-refractivity contribution < 1.29 is 0 Å². The topological polar surface area (TPSA) is 31.4 Å². The molecule has 4 heteroatoms. The van der Waals surface area contributed by atoms with Crippen LogP contribution in [0.1, 0.15) is 29.9 Å². The maximum atomic E-state index is 9.19. The predicted octanol–water partition coefficient (Wildman–Crippen LogP) is 9.46. The van der Waals surface area contributed by atoms with E-state index in [1.807, 2.05) is 12.1 Å². The van der Waals surface area contributed by atoms with Crippen molar-refractivity contribution in [2.45, 2.75) is 19.3 Å². The van der Waals surface area contributed by atoms with Gasteiger partial charge in [-0.25, -0.2) is 10.1 Å². The maximum Gasteiger partial charge on any atom is 0.263 e. The SMILES string of the molecule is [C-]#[N+]/C(C#N)=C\c1cc2c(s1)-c1ccc(N(c3ccccc3)c3ccc4ccccc4c3)cc1C2(C)C. The van der Waals surface area contributed by atoms with E-state index in [9.17, 15) is 5.26 Å². The summed E-state index contributed by atoms with van der Waals surface area (Å²) in [5, 5.41) is 11.6. The first-order valence-electron chi connectivity index (χ1n) is 12.1. The molecule has 0 N–H and O–H groups in total. The van der Waals surface area contributed by atoms with Crippen molar-refractivity contribution in [1.82, 2.24) is 0 Å². The number of fused-ring (bicyclic) bond motifs is 4. The number of rotatable bonds is 4. The van der Waals surface area contributed by atoms with Gasteiger partial charge in [-0.1, -0.05) is 68.4 Å². The van der Waals surface area contributed by atoms with Crippen molar-refractivity contribution >= 4 is 45.2 Å². The quantitative estimate of drug-likeness (QED) is 0.184. The Morgan fingerprint density at radius 2 is 1.54 bits per heavy atom. The number of hydrogen-bond donors (Lipinski definition) is 0. The lowest BCUT2D eigenvalue weighted by molar-refractivity contribution is 0.662. The molecule has 4 aromatic carbocycles. The molecule has 5 aromatic rings. The molecular weight excluding hydrogens is 470 g/mol. The van der Waals surface area contributed by atoms with Crippen molar-refractivity contribution in [2.75, 3.05) is 4.90 Å². The van der Waals surface area contributed by atoms with Crippen LogP contribution in [-0.2, 0) is 5.41 Å². The molecule has 37 heavy (non-hydrogen) atoms. The molecule has 1 aromatic heterocycles. The first kappa shape index (κ1) is 22.8. The molecule has 176 valence electrons. The first-order valence-corrected chi connectivity index (χ1v) is 12.9. The van der Waals surface area contributed by atoms with Crippen molar-refractivity contribution in [3.05, 3.63) is 130 Å². The average Bonchev–Trinajstić information content (AvgIpc) is 3.44. The Hall–Kier alpha value is -4.64. The number of allylic oxidation sites excluding steroid dienone is 1. The van der Waals surface area contributed by atoms with Crippen LogP contribution >= 0.6 is 11.3 Å². The molecule has 0 fully saturated rings. The molecule has 6 rings (SSSR count). The van der Waals surface area contributed by atoms with Gasteiger partial charge in [0.25, 0.3) is 5.70 Å². The van der Waals surface area contributed by atoms with Crippen LogP contribution in [0.3, 0.4) is 0 Å². The van der Waals surface area contributed by atoms with E-state index in [0.29, 0.717) is 0 Å². The molecular formula is C33H23N3S. The largest absolute Gasteiger partial charge is 0.310 e. The zero-order valence-corrected chi connectivity index (χ0v) is 21.4. The molecule has 0 unspecified atom stereocenters. The van der Waals surface area contributed by atoms with Crippen molar-refractivity contribution in [2.24, 2.45) is 0 Å². The molecule has 0 amide bonds. The summed E-state index contributed by atoms with van der Waals surface area (Å²) in [7, 11) is 0. The Kier molecular flexibility index (Phi) is 5.41. The fraction of sp³-hybridized carbons (Fsp3) is 0.0909. The second kappa shape index (κ2) is 8.79. The van der Waals surface area contributed by atoms with Crippen molar-refractivity contribution in [3.63, 3.8) is 0 Å². The van der Waals surface area contributed by atoms with Gasteiger partial charge in [-0.05, 0) is 76.0 Å². The summed E-state index contributed by atoms with van der Waals surface area (Å²) in [5.41, 5.74) is 7.01. The molecule has 0 atom stereocenters. The van der Waals surface area contributed by atoms with E-state index < -0.39 is 0 Å². The second-order valence-corrected chi connectivity index (χ2v) is 10.8. The molecule has 1 aliphatic rings. The summed E-state index contributed by atoms with van der Waals surface area (Å²) in [6.45, 7) is 11.7. The fourth-order valence-corrected chi connectivity index (χ4v) is 6.54. The number of nitrogens with zero attached hydrogens (tertiary/aromatic N) is 3. The highest BCUT2D eigenvalue weighted by Crippen LogP contribution is 2.54. The van der Waals surface area contributed by atoms with Crippen LogP contribution in [0.4, 0.5) is 17.1 Å². The highest BCUT2D eigenvalue weighted by Gasteiger charge is 2.37. The zero-order valence-electron chi connectivity index (χ0n) is 20.6. The van der Waals surface area contributed by atoms with Crippen LogP contribution in [0.15, 0.2) is 103 Å². The van der Waals surface area contributed by atoms with Gasteiger partial charge in [0, 0.05) is 32.2 Å². The molecule has 0 radical (unpaired) electrons. The number of benzene rings is 4. The highest BCUT2D eigenvalue weighted by molar-refractivity contribution is 7.16. The molecule has 1 heterocycles. The maximum absolute atomic E-state index is 9.19. The van der Waals surface area contributed by atoms with Gasteiger partial charge in [0.1, 0.15) is 0 Å². The summed E-state index contributed by atoms with van der Waals surface area (Å²) in [6.07, 6.45) is 1.69. The monoisotopic (exact) mass is 493 g/mol. The standard InChI is InChI=1S/C33H23N3S/c1-33(2)30-19-27(15-16-29(30)32-31(33)20-28(37-32)18-24(21-34)35-3)36(25-11-5-4-6-12-25)26-14-13-22-9-7-8-10-23(22)17-26/h4-20H,1-2H3/b24-18-. The summed E-state index contributed by atoms with van der Waals surface area (Å²) in [4.78, 5) is 7.81. The van der Waals surface area contributed by atoms with Gasteiger partial charge in [0.2, 0.25) is 0 Å². The smallest absolute Gasteiger partial charge is 0.263 e. The third kappa shape index (κ3) is 3.80. The predicted molar refractivity (Wildman–Crippen MR) is 154 cm³/mol. The van der Waals surface area contributed by atoms with E-state index in [4.69, 9.17) is 6.57 Å². The summed E-state index contributed by atoms with van der Waals surface area (Å²) < 4.78 is 0. The van der Waals surface area contributed by atoms with Gasteiger partial charge in [0.05, 0.1) is 12.6 Å². The van der Waals surface area contributed by atoms with E-state index in [1.54, 1.807) is 17.4 Å². The Balaban J connectivity index is 1.49. The lowest BCUT2D eigenvalue weighted by Crippen LogP contribution is -2.16. The Bertz CT molecular complexity index is 1760. The molecule has 0 bridgehead atoms. The van der Waals surface area contributed by atoms with Crippen LogP contribution in [0.25, 0.3) is 32.1 Å². The molecule has 3 nitrogen and oxygen atoms in total. The molecule has 0 saturated heterocycles. The molecule has 0 spiro atoms. The number of nitriles is 1. The number of thiophene rings is 1. The van der Waals surface area contributed by atoms with Gasteiger partial charge in [0.15, 0.2) is 0 Å². The van der Waals surface area contributed by atoms with Gasteiger partial charge in [-0.15, -0.1) is 11.3 Å².